The summed E-state index contributed by atoms with van der Waals surface area (Å²) in [5.41, 5.74) is 0.836. The number of carbonyl (C=O) groups is 1. The predicted octanol–water partition coefficient (Wildman–Crippen LogP) is 2.34. The lowest BCUT2D eigenvalue weighted by atomic mass is 10.0. The average molecular weight is 377 g/mol. The molecule has 2 aromatic carbocycles. The van der Waals surface area contributed by atoms with Gasteiger partial charge >= 0.3 is 0 Å². The summed E-state index contributed by atoms with van der Waals surface area (Å²) in [5.74, 6) is -0.144. The molecule has 1 amide bonds. The molecule has 0 radical (unpaired) electrons. The highest BCUT2D eigenvalue weighted by Gasteiger charge is 2.34. The lowest BCUT2D eigenvalue weighted by Crippen LogP contribution is -3.11. The first-order chi connectivity index (χ1) is 13.0. The molecule has 144 valence electrons. The van der Waals surface area contributed by atoms with Crippen molar-refractivity contribution in [3.63, 3.8) is 0 Å². The topological polar surface area (TPSA) is 52.0 Å². The van der Waals surface area contributed by atoms with E-state index in [2.05, 4.69) is 5.32 Å². The third-order valence-corrected chi connectivity index (χ3v) is 4.89. The summed E-state index contributed by atoms with van der Waals surface area (Å²) in [6, 6.07) is 8.68. The van der Waals surface area contributed by atoms with Crippen molar-refractivity contribution >= 4 is 11.6 Å². The van der Waals surface area contributed by atoms with E-state index in [9.17, 15) is 13.6 Å². The van der Waals surface area contributed by atoms with Gasteiger partial charge in [-0.2, -0.15) is 0 Å². The standard InChI is InChI=1S/C20H22F2N2O3/c1-26-14-6-8-19(27-2)15(11-14)18-4-3-9-24(18)12-20(25)23-17-10-13(21)5-7-16(17)22/h5-8,10-11,18H,3-4,9,12H2,1-2H3,(H,23,25)/p+1/t18-/m1/s1. The smallest absolute Gasteiger partial charge is 0.279 e. The Hall–Kier alpha value is -2.67. The number of rotatable bonds is 6. The van der Waals surface area contributed by atoms with Gasteiger partial charge in [-0.1, -0.05) is 0 Å². The highest BCUT2D eigenvalue weighted by Crippen LogP contribution is 2.31. The Balaban J connectivity index is 1.75. The Morgan fingerprint density at radius 1 is 1.19 bits per heavy atom. The average Bonchev–Trinajstić information content (AvgIpc) is 3.11. The quantitative estimate of drug-likeness (QED) is 0.813. The number of hydrogen-bond acceptors (Lipinski definition) is 3. The zero-order valence-electron chi connectivity index (χ0n) is 15.4. The van der Waals surface area contributed by atoms with Gasteiger partial charge in [0.25, 0.3) is 5.91 Å². The molecule has 0 aliphatic carbocycles. The van der Waals surface area contributed by atoms with Crippen molar-refractivity contribution in [2.45, 2.75) is 18.9 Å². The number of hydrogen-bond donors (Lipinski definition) is 2. The van der Waals surface area contributed by atoms with Crippen molar-refractivity contribution < 1.29 is 27.9 Å². The van der Waals surface area contributed by atoms with Crippen LogP contribution in [0.3, 0.4) is 0 Å². The van der Waals surface area contributed by atoms with Crippen LogP contribution >= 0.6 is 0 Å². The number of amides is 1. The van der Waals surface area contributed by atoms with Gasteiger partial charge in [0.1, 0.15) is 29.2 Å². The Morgan fingerprint density at radius 2 is 2.00 bits per heavy atom. The highest BCUT2D eigenvalue weighted by molar-refractivity contribution is 5.91. The second kappa shape index (κ2) is 8.35. The number of benzene rings is 2. The van der Waals surface area contributed by atoms with E-state index in [1.54, 1.807) is 14.2 Å². The molecule has 1 aliphatic heterocycles. The normalized spacial score (nSPS) is 19.0. The van der Waals surface area contributed by atoms with Gasteiger partial charge in [0.15, 0.2) is 6.54 Å². The molecule has 0 aromatic heterocycles. The van der Waals surface area contributed by atoms with Crippen molar-refractivity contribution in [3.05, 3.63) is 53.6 Å². The maximum absolute atomic E-state index is 13.7. The molecule has 2 atom stereocenters. The Labute approximate surface area is 156 Å². The van der Waals surface area contributed by atoms with E-state index < -0.39 is 11.6 Å². The molecule has 0 bridgehead atoms. The minimum absolute atomic E-state index is 0.0677. The maximum Gasteiger partial charge on any atom is 0.279 e. The summed E-state index contributed by atoms with van der Waals surface area (Å²) in [7, 11) is 3.21. The molecule has 3 rings (SSSR count). The van der Waals surface area contributed by atoms with Crippen LogP contribution in [0.15, 0.2) is 36.4 Å². The van der Waals surface area contributed by atoms with E-state index in [4.69, 9.17) is 9.47 Å². The number of likely N-dealkylation sites (tertiary alicyclic amines) is 1. The minimum atomic E-state index is -0.660. The monoisotopic (exact) mass is 377 g/mol. The molecule has 0 spiro atoms. The fourth-order valence-corrected chi connectivity index (χ4v) is 3.60. The third kappa shape index (κ3) is 4.36. The van der Waals surface area contributed by atoms with Crippen LogP contribution in [0, 0.1) is 11.6 Å². The molecule has 7 heteroatoms. The largest absolute Gasteiger partial charge is 0.497 e. The van der Waals surface area contributed by atoms with Gasteiger partial charge in [0.05, 0.1) is 32.0 Å². The first kappa shape index (κ1) is 19.1. The number of anilines is 1. The van der Waals surface area contributed by atoms with Crippen molar-refractivity contribution in [2.75, 3.05) is 32.6 Å². The van der Waals surface area contributed by atoms with Crippen LogP contribution in [0.5, 0.6) is 11.5 Å². The molecule has 27 heavy (non-hydrogen) atoms. The zero-order valence-corrected chi connectivity index (χ0v) is 15.4. The molecule has 0 saturated carbocycles. The summed E-state index contributed by atoms with van der Waals surface area (Å²) >= 11 is 0. The van der Waals surface area contributed by atoms with Gasteiger partial charge in [-0.15, -0.1) is 0 Å². The van der Waals surface area contributed by atoms with Crippen LogP contribution in [-0.2, 0) is 4.79 Å². The Bertz CT molecular complexity index is 829. The van der Waals surface area contributed by atoms with Crippen molar-refractivity contribution in [1.29, 1.82) is 0 Å². The van der Waals surface area contributed by atoms with E-state index in [1.165, 1.54) is 0 Å². The van der Waals surface area contributed by atoms with Crippen LogP contribution < -0.4 is 19.7 Å². The molecule has 2 aromatic rings. The summed E-state index contributed by atoms with van der Waals surface area (Å²) in [6.07, 6.45) is 1.86. The predicted molar refractivity (Wildman–Crippen MR) is 97.2 cm³/mol. The number of ether oxygens (including phenoxy) is 2. The number of methoxy groups -OCH3 is 2. The number of quaternary nitrogens is 1. The van der Waals surface area contributed by atoms with E-state index in [0.717, 1.165) is 59.5 Å². The van der Waals surface area contributed by atoms with Crippen molar-refractivity contribution in [1.82, 2.24) is 0 Å². The van der Waals surface area contributed by atoms with Gasteiger partial charge in [-0.25, -0.2) is 8.78 Å². The van der Waals surface area contributed by atoms with Crippen LogP contribution in [-0.4, -0.2) is 33.2 Å². The molecule has 1 heterocycles. The second-order valence-electron chi connectivity index (χ2n) is 6.56. The molecule has 1 aliphatic rings. The SMILES string of the molecule is COc1ccc(OC)c([C@H]2CCC[NH+]2CC(=O)Nc2cc(F)ccc2F)c1. The van der Waals surface area contributed by atoms with Crippen molar-refractivity contribution in [3.8, 4) is 11.5 Å². The van der Waals surface area contributed by atoms with E-state index >= 15 is 0 Å². The lowest BCUT2D eigenvalue weighted by molar-refractivity contribution is -0.910. The fraction of sp³-hybridized carbons (Fsp3) is 0.350. The lowest BCUT2D eigenvalue weighted by Gasteiger charge is -2.23. The van der Waals surface area contributed by atoms with E-state index in [0.29, 0.717) is 0 Å². The first-order valence-electron chi connectivity index (χ1n) is 8.83. The molecule has 5 nitrogen and oxygen atoms in total. The summed E-state index contributed by atoms with van der Waals surface area (Å²) in [4.78, 5) is 13.5. The second-order valence-corrected chi connectivity index (χ2v) is 6.56. The first-order valence-corrected chi connectivity index (χ1v) is 8.83. The van der Waals surface area contributed by atoms with Crippen LogP contribution in [0.25, 0.3) is 0 Å². The molecular formula is C20H23F2N2O3+. The fourth-order valence-electron chi connectivity index (χ4n) is 3.60. The molecule has 2 N–H and O–H groups in total. The molecular weight excluding hydrogens is 354 g/mol. The number of nitrogens with one attached hydrogen (secondary N) is 2. The Morgan fingerprint density at radius 3 is 2.74 bits per heavy atom. The molecule has 1 saturated heterocycles. The van der Waals surface area contributed by atoms with Gasteiger partial charge in [-0.3, -0.25) is 4.79 Å². The van der Waals surface area contributed by atoms with E-state index in [1.807, 2.05) is 18.2 Å². The summed E-state index contributed by atoms with van der Waals surface area (Å²) in [5, 5.41) is 2.47. The highest BCUT2D eigenvalue weighted by atomic mass is 19.1. The van der Waals surface area contributed by atoms with Crippen LogP contribution in [0.2, 0.25) is 0 Å². The minimum Gasteiger partial charge on any atom is -0.497 e. The summed E-state index contributed by atoms with van der Waals surface area (Å²) in [6.45, 7) is 0.963. The number of carbonyl (C=O) groups excluding carboxylic acids is 1. The van der Waals surface area contributed by atoms with Crippen LogP contribution in [0.4, 0.5) is 14.5 Å². The van der Waals surface area contributed by atoms with E-state index in [-0.39, 0.29) is 24.2 Å². The van der Waals surface area contributed by atoms with Gasteiger partial charge in [0, 0.05) is 18.9 Å². The van der Waals surface area contributed by atoms with Crippen LogP contribution in [0.1, 0.15) is 24.4 Å². The molecule has 1 unspecified atom stereocenters. The zero-order chi connectivity index (χ0) is 19.4. The van der Waals surface area contributed by atoms with Crippen molar-refractivity contribution in [2.24, 2.45) is 0 Å². The van der Waals surface area contributed by atoms with Gasteiger partial charge in [-0.05, 0) is 30.3 Å². The number of halogens is 2. The summed E-state index contributed by atoms with van der Waals surface area (Å²) < 4.78 is 37.8. The van der Waals surface area contributed by atoms with Gasteiger partial charge in [0.2, 0.25) is 0 Å². The van der Waals surface area contributed by atoms with Gasteiger partial charge < -0.3 is 19.7 Å². The molecule has 1 fully saturated rings. The third-order valence-electron chi connectivity index (χ3n) is 4.89. The Kier molecular flexibility index (Phi) is 5.91. The maximum atomic E-state index is 13.7.